The number of carbonyl (C=O) groups is 2. The summed E-state index contributed by atoms with van der Waals surface area (Å²) in [4.78, 5) is 26.3. The maximum absolute atomic E-state index is 13.5. The molecule has 4 rings (SSSR count). The second-order valence-electron chi connectivity index (χ2n) is 7.32. The molecule has 1 heterocycles. The Kier molecular flexibility index (Phi) is 3.63. The molecule has 4 heteroatoms. The summed E-state index contributed by atoms with van der Waals surface area (Å²) in [5.74, 6) is -0.0883. The number of Topliss-reactive ketones (excluding diaryl/α,β-unsaturated/α-hetero) is 1. The molecule has 1 atom stereocenters. The van der Waals surface area contributed by atoms with Crippen LogP contribution in [0.1, 0.15) is 63.0 Å². The average Bonchev–Trinajstić information content (AvgIpc) is 3.22. The molecule has 1 aliphatic heterocycles. The Morgan fingerprint density at radius 3 is 2.09 bits per heavy atom. The fourth-order valence-corrected chi connectivity index (χ4v) is 5.21. The third-order valence-corrected chi connectivity index (χ3v) is 6.66. The summed E-state index contributed by atoms with van der Waals surface area (Å²) in [5.41, 5.74) is -0.382. The van der Waals surface area contributed by atoms with Crippen molar-refractivity contribution in [3.8, 4) is 0 Å². The molecule has 0 N–H and O–H groups in total. The van der Waals surface area contributed by atoms with Gasteiger partial charge in [0.2, 0.25) is 0 Å². The largest absolute Gasteiger partial charge is 0.456 e. The molecule has 0 unspecified atom stereocenters. The third-order valence-electron chi connectivity index (χ3n) is 6.13. The van der Waals surface area contributed by atoms with E-state index in [0.29, 0.717) is 12.8 Å². The lowest BCUT2D eigenvalue weighted by atomic mass is 9.62. The molecule has 3 fully saturated rings. The monoisotopic (exact) mass is 376 g/mol. The Labute approximate surface area is 144 Å². The minimum atomic E-state index is -0.837. The quantitative estimate of drug-likeness (QED) is 0.525. The van der Waals surface area contributed by atoms with E-state index < -0.39 is 16.9 Å². The summed E-state index contributed by atoms with van der Waals surface area (Å²) in [5, 5.41) is 0. The van der Waals surface area contributed by atoms with Crippen LogP contribution in [-0.4, -0.2) is 11.8 Å². The van der Waals surface area contributed by atoms with Gasteiger partial charge >= 0.3 is 5.97 Å². The molecule has 122 valence electrons. The van der Waals surface area contributed by atoms with Crippen molar-refractivity contribution >= 4 is 27.7 Å². The molecule has 1 aromatic carbocycles. The number of cyclic esters (lactones) is 1. The summed E-state index contributed by atoms with van der Waals surface area (Å²) in [6, 6.07) is 7.86. The number of ketones is 1. The van der Waals surface area contributed by atoms with Crippen LogP contribution >= 0.6 is 15.9 Å². The van der Waals surface area contributed by atoms with Crippen molar-refractivity contribution < 1.29 is 14.3 Å². The Morgan fingerprint density at radius 2 is 1.48 bits per heavy atom. The number of halogens is 1. The number of rotatable bonds is 1. The van der Waals surface area contributed by atoms with Gasteiger partial charge in [-0.2, -0.15) is 0 Å². The highest BCUT2D eigenvalue weighted by Gasteiger charge is 2.64. The third kappa shape index (κ3) is 2.14. The van der Waals surface area contributed by atoms with E-state index in [1.54, 1.807) is 0 Å². The Balaban J connectivity index is 1.79. The number of carbonyl (C=O) groups excluding carboxylic acids is 2. The van der Waals surface area contributed by atoms with E-state index in [4.69, 9.17) is 4.74 Å². The van der Waals surface area contributed by atoms with E-state index in [9.17, 15) is 9.59 Å². The molecule has 0 aromatic heterocycles. The van der Waals surface area contributed by atoms with Crippen LogP contribution in [0.3, 0.4) is 0 Å². The fourth-order valence-electron chi connectivity index (χ4n) is 4.95. The number of esters is 1. The van der Waals surface area contributed by atoms with Gasteiger partial charge in [0.25, 0.3) is 0 Å². The summed E-state index contributed by atoms with van der Waals surface area (Å²) in [7, 11) is 0. The zero-order chi connectivity index (χ0) is 16.1. The number of hydrogen-bond donors (Lipinski definition) is 0. The predicted octanol–water partition coefficient (Wildman–Crippen LogP) is 4.74. The summed E-state index contributed by atoms with van der Waals surface area (Å²) in [6.07, 6.45) is 6.66. The van der Waals surface area contributed by atoms with Gasteiger partial charge in [0.15, 0.2) is 5.78 Å². The molecule has 3 nitrogen and oxygen atoms in total. The molecule has 1 saturated heterocycles. The van der Waals surface area contributed by atoms with Crippen LogP contribution < -0.4 is 0 Å². The molecule has 0 bridgehead atoms. The standard InChI is InChI=1S/C19H21BrO3/c20-14-7-5-13(6-8-14)15-18(9-1-2-10-18)16(21)19(17(22)23-15)11-3-4-12-19/h5-8,15H,1-4,9-12H2/t15-/m0/s1. The lowest BCUT2D eigenvalue weighted by Gasteiger charge is -2.46. The molecular weight excluding hydrogens is 356 g/mol. The second-order valence-corrected chi connectivity index (χ2v) is 8.23. The first kappa shape index (κ1) is 15.4. The minimum Gasteiger partial charge on any atom is -0.456 e. The van der Waals surface area contributed by atoms with Crippen LogP contribution in [0, 0.1) is 10.8 Å². The molecule has 2 aliphatic carbocycles. The van der Waals surface area contributed by atoms with E-state index in [2.05, 4.69) is 15.9 Å². The van der Waals surface area contributed by atoms with Gasteiger partial charge in [0.1, 0.15) is 11.5 Å². The fraction of sp³-hybridized carbons (Fsp3) is 0.579. The van der Waals surface area contributed by atoms with Gasteiger partial charge in [-0.3, -0.25) is 9.59 Å². The van der Waals surface area contributed by atoms with Crippen molar-refractivity contribution in [3.05, 3.63) is 34.3 Å². The van der Waals surface area contributed by atoms with Gasteiger partial charge in [-0.1, -0.05) is 53.7 Å². The first-order chi connectivity index (χ1) is 11.1. The molecule has 23 heavy (non-hydrogen) atoms. The smallest absolute Gasteiger partial charge is 0.320 e. The number of benzene rings is 1. The van der Waals surface area contributed by atoms with Crippen LogP contribution in [-0.2, 0) is 14.3 Å². The molecule has 2 saturated carbocycles. The van der Waals surface area contributed by atoms with Gasteiger partial charge in [0.05, 0.1) is 5.41 Å². The Bertz CT molecular complexity index is 637. The van der Waals surface area contributed by atoms with Crippen LogP contribution in [0.5, 0.6) is 0 Å². The van der Waals surface area contributed by atoms with Gasteiger partial charge in [0, 0.05) is 4.47 Å². The SMILES string of the molecule is O=C1O[C@@H](c2ccc(Br)cc2)C2(CCCC2)C(=O)C12CCCC2. The first-order valence-corrected chi connectivity index (χ1v) is 9.39. The van der Waals surface area contributed by atoms with Gasteiger partial charge < -0.3 is 4.74 Å². The molecule has 1 aromatic rings. The topological polar surface area (TPSA) is 43.4 Å². The van der Waals surface area contributed by atoms with Gasteiger partial charge in [-0.05, 0) is 43.4 Å². The number of ether oxygens (including phenoxy) is 1. The van der Waals surface area contributed by atoms with Crippen molar-refractivity contribution in [2.45, 2.75) is 57.5 Å². The summed E-state index contributed by atoms with van der Waals surface area (Å²) in [6.45, 7) is 0. The van der Waals surface area contributed by atoms with Crippen LogP contribution in [0.15, 0.2) is 28.7 Å². The number of hydrogen-bond acceptors (Lipinski definition) is 3. The van der Waals surface area contributed by atoms with Crippen LogP contribution in [0.25, 0.3) is 0 Å². The van der Waals surface area contributed by atoms with E-state index >= 15 is 0 Å². The Morgan fingerprint density at radius 1 is 0.913 bits per heavy atom. The van der Waals surface area contributed by atoms with Gasteiger partial charge in [-0.15, -0.1) is 0 Å². The molecular formula is C19H21BrO3. The first-order valence-electron chi connectivity index (χ1n) is 8.60. The molecule has 2 spiro atoms. The van der Waals surface area contributed by atoms with E-state index in [-0.39, 0.29) is 11.8 Å². The van der Waals surface area contributed by atoms with Crippen molar-refractivity contribution in [1.29, 1.82) is 0 Å². The van der Waals surface area contributed by atoms with Gasteiger partial charge in [-0.25, -0.2) is 0 Å². The lowest BCUT2D eigenvalue weighted by molar-refractivity contribution is -0.191. The maximum Gasteiger partial charge on any atom is 0.320 e. The highest BCUT2D eigenvalue weighted by Crippen LogP contribution is 2.60. The zero-order valence-electron chi connectivity index (χ0n) is 13.1. The highest BCUT2D eigenvalue weighted by molar-refractivity contribution is 9.10. The van der Waals surface area contributed by atoms with E-state index in [0.717, 1.165) is 48.6 Å². The van der Waals surface area contributed by atoms with Crippen molar-refractivity contribution in [3.63, 3.8) is 0 Å². The zero-order valence-corrected chi connectivity index (χ0v) is 14.7. The van der Waals surface area contributed by atoms with Crippen LogP contribution in [0.2, 0.25) is 0 Å². The average molecular weight is 377 g/mol. The van der Waals surface area contributed by atoms with Crippen LogP contribution in [0.4, 0.5) is 0 Å². The van der Waals surface area contributed by atoms with E-state index in [1.807, 2.05) is 24.3 Å². The molecule has 3 aliphatic rings. The summed E-state index contributed by atoms with van der Waals surface area (Å²) < 4.78 is 6.97. The van der Waals surface area contributed by atoms with Crippen molar-refractivity contribution in [2.24, 2.45) is 10.8 Å². The van der Waals surface area contributed by atoms with Crippen molar-refractivity contribution in [1.82, 2.24) is 0 Å². The molecule has 0 radical (unpaired) electrons. The maximum atomic E-state index is 13.5. The normalized spacial score (nSPS) is 28.5. The predicted molar refractivity (Wildman–Crippen MR) is 89.8 cm³/mol. The Hall–Kier alpha value is -1.16. The molecule has 0 amide bonds. The lowest BCUT2D eigenvalue weighted by Crippen LogP contribution is -2.55. The second kappa shape index (κ2) is 5.44. The minimum absolute atomic E-state index is 0.184. The summed E-state index contributed by atoms with van der Waals surface area (Å²) >= 11 is 3.44. The van der Waals surface area contributed by atoms with E-state index in [1.165, 1.54) is 0 Å². The van der Waals surface area contributed by atoms with Crippen molar-refractivity contribution in [2.75, 3.05) is 0 Å². The highest BCUT2D eigenvalue weighted by atomic mass is 79.9.